The zero-order valence-corrected chi connectivity index (χ0v) is 17.1. The standard InChI is InChI=1S/C24H25NO5/c1-3-18-15-29-24(27)25(18)22-21(17-12-8-5-9-13-17)19(16-10-6-4-7-11-16)14-20(30-22)23(26)28-2/h4-14,18-19,21-22H,3,15H2,1-2H3/t18-,19-,21-,22-/m1/s1. The maximum atomic E-state index is 12.7. The van der Waals surface area contributed by atoms with Gasteiger partial charge in [0.2, 0.25) is 5.76 Å². The lowest BCUT2D eigenvalue weighted by Crippen LogP contribution is -2.49. The van der Waals surface area contributed by atoms with Crippen LogP contribution >= 0.6 is 0 Å². The first-order valence-corrected chi connectivity index (χ1v) is 10.2. The van der Waals surface area contributed by atoms with Crippen molar-refractivity contribution in [1.82, 2.24) is 4.90 Å². The van der Waals surface area contributed by atoms with Crippen molar-refractivity contribution in [2.24, 2.45) is 0 Å². The Labute approximate surface area is 176 Å². The van der Waals surface area contributed by atoms with Gasteiger partial charge < -0.3 is 14.2 Å². The molecule has 0 N–H and O–H groups in total. The summed E-state index contributed by atoms with van der Waals surface area (Å²) in [4.78, 5) is 26.8. The Hall–Kier alpha value is -3.28. The van der Waals surface area contributed by atoms with E-state index in [1.165, 1.54) is 7.11 Å². The second kappa shape index (κ2) is 8.61. The van der Waals surface area contributed by atoms with Gasteiger partial charge in [-0.1, -0.05) is 67.6 Å². The number of nitrogens with zero attached hydrogens (tertiary/aromatic N) is 1. The normalized spacial score (nSPS) is 25.9. The fourth-order valence-electron chi connectivity index (χ4n) is 4.26. The molecule has 0 aromatic heterocycles. The quantitative estimate of drug-likeness (QED) is 0.695. The van der Waals surface area contributed by atoms with Crippen molar-refractivity contribution in [3.63, 3.8) is 0 Å². The molecule has 0 saturated carbocycles. The Morgan fingerprint density at radius 2 is 1.70 bits per heavy atom. The van der Waals surface area contributed by atoms with E-state index < -0.39 is 18.3 Å². The molecular formula is C24H25NO5. The molecule has 2 aliphatic rings. The van der Waals surface area contributed by atoms with Crippen LogP contribution < -0.4 is 0 Å². The Morgan fingerprint density at radius 1 is 1.07 bits per heavy atom. The predicted molar refractivity (Wildman–Crippen MR) is 111 cm³/mol. The van der Waals surface area contributed by atoms with Crippen molar-refractivity contribution in [1.29, 1.82) is 0 Å². The van der Waals surface area contributed by atoms with E-state index in [1.54, 1.807) is 11.0 Å². The molecule has 0 aliphatic carbocycles. The molecule has 6 heteroatoms. The fourth-order valence-corrected chi connectivity index (χ4v) is 4.26. The van der Waals surface area contributed by atoms with Crippen LogP contribution in [0, 0.1) is 0 Å². The first-order valence-electron chi connectivity index (χ1n) is 10.2. The van der Waals surface area contributed by atoms with Crippen molar-refractivity contribution in [3.05, 3.63) is 83.6 Å². The van der Waals surface area contributed by atoms with E-state index in [-0.39, 0.29) is 23.6 Å². The molecule has 1 amide bonds. The topological polar surface area (TPSA) is 65.1 Å². The molecule has 1 saturated heterocycles. The number of allylic oxidation sites excluding steroid dienone is 1. The van der Waals surface area contributed by atoms with Gasteiger partial charge in [-0.15, -0.1) is 0 Å². The summed E-state index contributed by atoms with van der Waals surface area (Å²) in [6, 6.07) is 19.7. The van der Waals surface area contributed by atoms with Gasteiger partial charge in [0, 0.05) is 5.92 Å². The first kappa shape index (κ1) is 20.0. The third kappa shape index (κ3) is 3.65. The summed E-state index contributed by atoms with van der Waals surface area (Å²) in [6.45, 7) is 2.32. The minimum absolute atomic E-state index is 0.109. The third-order valence-corrected chi connectivity index (χ3v) is 5.78. The average molecular weight is 407 g/mol. The lowest BCUT2D eigenvalue weighted by atomic mass is 9.78. The van der Waals surface area contributed by atoms with Crippen LogP contribution in [0.3, 0.4) is 0 Å². The van der Waals surface area contributed by atoms with E-state index >= 15 is 0 Å². The van der Waals surface area contributed by atoms with Crippen molar-refractivity contribution in [2.75, 3.05) is 13.7 Å². The highest BCUT2D eigenvalue weighted by molar-refractivity contribution is 5.86. The van der Waals surface area contributed by atoms with Crippen molar-refractivity contribution < 1.29 is 23.8 Å². The van der Waals surface area contributed by atoms with E-state index in [4.69, 9.17) is 14.2 Å². The van der Waals surface area contributed by atoms with Crippen LogP contribution in [0.1, 0.15) is 36.3 Å². The maximum Gasteiger partial charge on any atom is 0.413 e. The molecule has 2 aliphatic heterocycles. The summed E-state index contributed by atoms with van der Waals surface area (Å²) in [5.74, 6) is -0.861. The molecule has 0 bridgehead atoms. The SMILES string of the molecule is CC[C@@H]1COC(=O)N1[C@@H]1OC(C(=O)OC)=C[C@H](c2ccccc2)[C@H]1c1ccccc1. The van der Waals surface area contributed by atoms with E-state index in [1.807, 2.05) is 67.6 Å². The van der Waals surface area contributed by atoms with Crippen LogP contribution in [0.2, 0.25) is 0 Å². The van der Waals surface area contributed by atoms with Crippen molar-refractivity contribution in [3.8, 4) is 0 Å². The summed E-state index contributed by atoms with van der Waals surface area (Å²) in [6.07, 6.45) is 1.40. The molecular weight excluding hydrogens is 382 g/mol. The van der Waals surface area contributed by atoms with Gasteiger partial charge in [-0.05, 0) is 23.6 Å². The maximum absolute atomic E-state index is 12.7. The zero-order chi connectivity index (χ0) is 21.1. The Balaban J connectivity index is 1.87. The number of carbonyl (C=O) groups is 2. The lowest BCUT2D eigenvalue weighted by molar-refractivity contribution is -0.145. The van der Waals surface area contributed by atoms with Gasteiger partial charge in [-0.2, -0.15) is 0 Å². The molecule has 156 valence electrons. The number of cyclic esters (lactones) is 1. The van der Waals surface area contributed by atoms with Gasteiger partial charge >= 0.3 is 12.1 Å². The van der Waals surface area contributed by atoms with Crippen LogP contribution in [-0.4, -0.2) is 42.9 Å². The fraction of sp³-hybridized carbons (Fsp3) is 0.333. The van der Waals surface area contributed by atoms with Gasteiger partial charge in [-0.25, -0.2) is 9.59 Å². The highest BCUT2D eigenvalue weighted by Gasteiger charge is 2.48. The largest absolute Gasteiger partial charge is 0.463 e. The second-order valence-electron chi connectivity index (χ2n) is 7.45. The molecule has 2 aromatic carbocycles. The molecule has 4 atom stereocenters. The van der Waals surface area contributed by atoms with Gasteiger partial charge in [0.15, 0.2) is 6.23 Å². The molecule has 6 nitrogen and oxygen atoms in total. The minimum atomic E-state index is -0.698. The molecule has 2 aromatic rings. The number of methoxy groups -OCH3 is 1. The Kier molecular flexibility index (Phi) is 5.74. The number of esters is 1. The van der Waals surface area contributed by atoms with E-state index in [9.17, 15) is 9.59 Å². The van der Waals surface area contributed by atoms with Crippen molar-refractivity contribution >= 4 is 12.1 Å². The zero-order valence-electron chi connectivity index (χ0n) is 17.1. The molecule has 0 spiro atoms. The summed E-state index contributed by atoms with van der Waals surface area (Å²) in [7, 11) is 1.32. The van der Waals surface area contributed by atoms with Crippen LogP contribution in [-0.2, 0) is 19.0 Å². The second-order valence-corrected chi connectivity index (χ2v) is 7.45. The van der Waals surface area contributed by atoms with E-state index in [0.717, 1.165) is 17.5 Å². The molecule has 4 rings (SSSR count). The molecule has 30 heavy (non-hydrogen) atoms. The number of carbonyl (C=O) groups excluding carboxylic acids is 2. The molecule has 1 fully saturated rings. The first-order chi connectivity index (χ1) is 14.6. The van der Waals surface area contributed by atoms with E-state index in [0.29, 0.717) is 6.61 Å². The van der Waals surface area contributed by atoms with Crippen LogP contribution in [0.25, 0.3) is 0 Å². The number of rotatable bonds is 5. The van der Waals surface area contributed by atoms with Gasteiger partial charge in [0.05, 0.1) is 19.1 Å². The van der Waals surface area contributed by atoms with E-state index in [2.05, 4.69) is 0 Å². The number of amides is 1. The highest BCUT2D eigenvalue weighted by atomic mass is 16.6. The summed E-state index contributed by atoms with van der Waals surface area (Å²) in [5, 5.41) is 0. The highest BCUT2D eigenvalue weighted by Crippen LogP contribution is 2.45. The number of hydrogen-bond acceptors (Lipinski definition) is 5. The average Bonchev–Trinajstić information content (AvgIpc) is 3.19. The van der Waals surface area contributed by atoms with Crippen LogP contribution in [0.5, 0.6) is 0 Å². The van der Waals surface area contributed by atoms with Crippen LogP contribution in [0.4, 0.5) is 4.79 Å². The number of benzene rings is 2. The summed E-state index contributed by atoms with van der Waals surface area (Å²) >= 11 is 0. The number of hydrogen-bond donors (Lipinski definition) is 0. The Bertz CT molecular complexity index is 927. The third-order valence-electron chi connectivity index (χ3n) is 5.78. The molecule has 0 radical (unpaired) electrons. The minimum Gasteiger partial charge on any atom is -0.463 e. The smallest absolute Gasteiger partial charge is 0.413 e. The molecule has 0 unspecified atom stereocenters. The van der Waals surface area contributed by atoms with Crippen LogP contribution in [0.15, 0.2) is 72.5 Å². The van der Waals surface area contributed by atoms with Gasteiger partial charge in [0.1, 0.15) is 6.61 Å². The monoisotopic (exact) mass is 407 g/mol. The summed E-state index contributed by atoms with van der Waals surface area (Å²) < 4.78 is 16.4. The van der Waals surface area contributed by atoms with Gasteiger partial charge in [0.25, 0.3) is 0 Å². The predicted octanol–water partition coefficient (Wildman–Crippen LogP) is 4.20. The van der Waals surface area contributed by atoms with Gasteiger partial charge in [-0.3, -0.25) is 4.90 Å². The lowest BCUT2D eigenvalue weighted by Gasteiger charge is -2.42. The summed E-state index contributed by atoms with van der Waals surface area (Å²) in [5.41, 5.74) is 2.05. The Morgan fingerprint density at radius 3 is 2.30 bits per heavy atom. The van der Waals surface area contributed by atoms with Crippen molar-refractivity contribution in [2.45, 2.75) is 37.5 Å². The molecule has 2 heterocycles. The number of ether oxygens (including phenoxy) is 3.